The Bertz CT molecular complexity index is 982. The van der Waals surface area contributed by atoms with E-state index in [4.69, 9.17) is 9.47 Å². The van der Waals surface area contributed by atoms with E-state index in [1.54, 1.807) is 0 Å². The molecule has 2 N–H and O–H groups in total. The third kappa shape index (κ3) is 6.43. The Balaban J connectivity index is 1.44. The maximum absolute atomic E-state index is 12.5. The fraction of sp³-hybridized carbons (Fsp3) is 0.409. The lowest BCUT2D eigenvalue weighted by Gasteiger charge is -2.17. The van der Waals surface area contributed by atoms with Gasteiger partial charge in [0.2, 0.25) is 15.9 Å². The fourth-order valence-electron chi connectivity index (χ4n) is 3.60. The Morgan fingerprint density at radius 2 is 1.84 bits per heavy atom. The van der Waals surface area contributed by atoms with Crippen LogP contribution in [0.15, 0.2) is 53.4 Å². The number of hydrogen-bond acceptors (Lipinski definition) is 6. The molecule has 0 radical (unpaired) electrons. The van der Waals surface area contributed by atoms with Crippen LogP contribution in [-0.4, -0.2) is 59.1 Å². The van der Waals surface area contributed by atoms with Crippen LogP contribution in [0.1, 0.15) is 18.4 Å². The van der Waals surface area contributed by atoms with Crippen LogP contribution in [0.5, 0.6) is 11.5 Å². The van der Waals surface area contributed by atoms with E-state index >= 15 is 0 Å². The minimum absolute atomic E-state index is 0.0168. The zero-order valence-corrected chi connectivity index (χ0v) is 18.7. The number of carbonyl (C=O) groups excluding carboxylic acids is 1. The van der Waals surface area contributed by atoms with Crippen LogP contribution in [0.3, 0.4) is 0 Å². The smallest absolute Gasteiger partial charge is 0.240 e. The minimum atomic E-state index is -3.76. The van der Waals surface area contributed by atoms with E-state index < -0.39 is 10.0 Å². The molecular formula is C22H29N3O5S. The maximum atomic E-state index is 12.5. The largest absolute Gasteiger partial charge is 0.493 e. The summed E-state index contributed by atoms with van der Waals surface area (Å²) in [5, 5.41) is 3.00. The van der Waals surface area contributed by atoms with Crippen molar-refractivity contribution in [3.63, 3.8) is 0 Å². The molecule has 1 atom stereocenters. The monoisotopic (exact) mass is 447 g/mol. The van der Waals surface area contributed by atoms with Crippen molar-refractivity contribution in [2.24, 2.45) is 0 Å². The Hall–Kier alpha value is -2.62. The number of sulfonamides is 1. The number of rotatable bonds is 10. The Kier molecular flexibility index (Phi) is 7.89. The number of benzene rings is 2. The van der Waals surface area contributed by atoms with Gasteiger partial charge in [-0.15, -0.1) is 0 Å². The SMILES string of the molecule is COc1ccc(S(=O)(=O)NCCC(=O)NC2CCN(Cc3ccccc3)C2)cc1OC. The van der Waals surface area contributed by atoms with Crippen LogP contribution in [0.4, 0.5) is 0 Å². The summed E-state index contributed by atoms with van der Waals surface area (Å²) in [5.74, 6) is 0.602. The standard InChI is InChI=1S/C22H29N3O5S/c1-29-20-9-8-19(14-21(20)30-2)31(27,28)23-12-10-22(26)24-18-11-13-25(16-18)15-17-6-4-3-5-7-17/h3-9,14,18,23H,10-13,15-16H2,1-2H3,(H,24,26). The van der Waals surface area contributed by atoms with Crippen molar-refractivity contribution in [2.75, 3.05) is 33.9 Å². The normalized spacial score (nSPS) is 16.8. The fourth-order valence-corrected chi connectivity index (χ4v) is 4.65. The molecule has 0 saturated carbocycles. The lowest BCUT2D eigenvalue weighted by Crippen LogP contribution is -2.38. The second-order valence-electron chi connectivity index (χ2n) is 7.44. The maximum Gasteiger partial charge on any atom is 0.240 e. The van der Waals surface area contributed by atoms with Gasteiger partial charge in [0.1, 0.15) is 0 Å². The first-order chi connectivity index (χ1) is 14.9. The minimum Gasteiger partial charge on any atom is -0.493 e. The number of hydrogen-bond donors (Lipinski definition) is 2. The molecule has 1 heterocycles. The lowest BCUT2D eigenvalue weighted by molar-refractivity contribution is -0.121. The first kappa shape index (κ1) is 23.1. The molecule has 1 aliphatic rings. The summed E-state index contributed by atoms with van der Waals surface area (Å²) < 4.78 is 37.7. The second kappa shape index (κ2) is 10.6. The summed E-state index contributed by atoms with van der Waals surface area (Å²) >= 11 is 0. The summed E-state index contributed by atoms with van der Waals surface area (Å²) in [5.41, 5.74) is 1.25. The highest BCUT2D eigenvalue weighted by Gasteiger charge is 2.24. The van der Waals surface area contributed by atoms with Crippen LogP contribution in [0.25, 0.3) is 0 Å². The van der Waals surface area contributed by atoms with Crippen LogP contribution >= 0.6 is 0 Å². The van der Waals surface area contributed by atoms with Crippen LogP contribution < -0.4 is 19.5 Å². The Morgan fingerprint density at radius 1 is 1.10 bits per heavy atom. The average Bonchev–Trinajstić information content (AvgIpc) is 3.20. The highest BCUT2D eigenvalue weighted by molar-refractivity contribution is 7.89. The van der Waals surface area contributed by atoms with Crippen LogP contribution in [0, 0.1) is 0 Å². The van der Waals surface area contributed by atoms with Gasteiger partial charge in [0.05, 0.1) is 19.1 Å². The zero-order chi connectivity index (χ0) is 22.3. The van der Waals surface area contributed by atoms with Crippen molar-refractivity contribution < 1.29 is 22.7 Å². The average molecular weight is 448 g/mol. The predicted octanol–water partition coefficient (Wildman–Crippen LogP) is 1.76. The van der Waals surface area contributed by atoms with Gasteiger partial charge >= 0.3 is 0 Å². The van der Waals surface area contributed by atoms with Crippen molar-refractivity contribution >= 4 is 15.9 Å². The number of nitrogens with zero attached hydrogens (tertiary/aromatic N) is 1. The van der Waals surface area contributed by atoms with E-state index in [-0.39, 0.29) is 29.8 Å². The summed E-state index contributed by atoms with van der Waals surface area (Å²) in [6.07, 6.45) is 0.956. The van der Waals surface area contributed by atoms with E-state index in [9.17, 15) is 13.2 Å². The van der Waals surface area contributed by atoms with Crippen molar-refractivity contribution in [3.8, 4) is 11.5 Å². The summed E-state index contributed by atoms with van der Waals surface area (Å²) in [4.78, 5) is 14.6. The van der Waals surface area contributed by atoms with Gasteiger partial charge in [-0.3, -0.25) is 9.69 Å². The Morgan fingerprint density at radius 3 is 2.55 bits per heavy atom. The molecule has 0 spiro atoms. The molecule has 2 aromatic rings. The molecule has 168 valence electrons. The molecule has 0 aromatic heterocycles. The van der Waals surface area contributed by atoms with Gasteiger partial charge in [-0.05, 0) is 24.1 Å². The first-order valence-corrected chi connectivity index (χ1v) is 11.7. The van der Waals surface area contributed by atoms with E-state index in [1.165, 1.54) is 38.0 Å². The van der Waals surface area contributed by atoms with Gasteiger partial charge in [0.15, 0.2) is 11.5 Å². The molecule has 0 bridgehead atoms. The van der Waals surface area contributed by atoms with Gasteiger partial charge < -0.3 is 14.8 Å². The number of carbonyl (C=O) groups is 1. The van der Waals surface area contributed by atoms with Gasteiger partial charge in [-0.25, -0.2) is 13.1 Å². The van der Waals surface area contributed by atoms with Crippen molar-refractivity contribution in [1.82, 2.24) is 14.9 Å². The number of ether oxygens (including phenoxy) is 2. The van der Waals surface area contributed by atoms with Gasteiger partial charge in [0.25, 0.3) is 0 Å². The molecule has 1 unspecified atom stereocenters. The molecular weight excluding hydrogens is 418 g/mol. The molecule has 2 aromatic carbocycles. The molecule has 1 saturated heterocycles. The Labute approximate surface area is 183 Å². The summed E-state index contributed by atoms with van der Waals surface area (Å²) in [6, 6.07) is 14.7. The zero-order valence-electron chi connectivity index (χ0n) is 17.8. The van der Waals surface area contributed by atoms with E-state index in [0.717, 1.165) is 26.1 Å². The highest BCUT2D eigenvalue weighted by atomic mass is 32.2. The number of amides is 1. The first-order valence-electron chi connectivity index (χ1n) is 10.2. The third-order valence-corrected chi connectivity index (χ3v) is 6.65. The summed E-state index contributed by atoms with van der Waals surface area (Å²) in [7, 11) is -0.837. The predicted molar refractivity (Wildman–Crippen MR) is 118 cm³/mol. The summed E-state index contributed by atoms with van der Waals surface area (Å²) in [6.45, 7) is 2.59. The molecule has 1 fully saturated rings. The van der Waals surface area contributed by atoms with E-state index in [2.05, 4.69) is 27.1 Å². The molecule has 3 rings (SSSR count). The molecule has 31 heavy (non-hydrogen) atoms. The molecule has 1 amide bonds. The van der Waals surface area contributed by atoms with Gasteiger partial charge in [-0.1, -0.05) is 30.3 Å². The number of likely N-dealkylation sites (tertiary alicyclic amines) is 1. The third-order valence-electron chi connectivity index (χ3n) is 5.20. The van der Waals surface area contributed by atoms with E-state index in [0.29, 0.717) is 11.5 Å². The van der Waals surface area contributed by atoms with Crippen molar-refractivity contribution in [3.05, 3.63) is 54.1 Å². The van der Waals surface area contributed by atoms with Crippen molar-refractivity contribution in [2.45, 2.75) is 30.3 Å². The van der Waals surface area contributed by atoms with Crippen LogP contribution in [-0.2, 0) is 21.4 Å². The lowest BCUT2D eigenvalue weighted by atomic mass is 10.2. The van der Waals surface area contributed by atoms with Gasteiger partial charge in [-0.2, -0.15) is 0 Å². The molecule has 8 nitrogen and oxygen atoms in total. The second-order valence-corrected chi connectivity index (χ2v) is 9.21. The highest BCUT2D eigenvalue weighted by Crippen LogP contribution is 2.29. The van der Waals surface area contributed by atoms with Gasteiger partial charge in [0, 0.05) is 44.7 Å². The quantitative estimate of drug-likeness (QED) is 0.576. The topological polar surface area (TPSA) is 97.0 Å². The van der Waals surface area contributed by atoms with E-state index in [1.807, 2.05) is 18.2 Å². The molecule has 1 aliphatic heterocycles. The van der Waals surface area contributed by atoms with Crippen LogP contribution in [0.2, 0.25) is 0 Å². The molecule has 0 aliphatic carbocycles. The van der Waals surface area contributed by atoms with Crippen molar-refractivity contribution in [1.29, 1.82) is 0 Å². The number of methoxy groups -OCH3 is 2. The molecule has 9 heteroatoms. The number of nitrogens with one attached hydrogen (secondary N) is 2.